The van der Waals surface area contributed by atoms with Gasteiger partial charge in [0.1, 0.15) is 11.6 Å². The second-order valence-electron chi connectivity index (χ2n) is 4.13. The van der Waals surface area contributed by atoms with Crippen LogP contribution in [0.1, 0.15) is 12.8 Å². The first-order chi connectivity index (χ1) is 7.66. The molecule has 0 aliphatic carbocycles. The lowest BCUT2D eigenvalue weighted by atomic mass is 10.1. The highest BCUT2D eigenvalue weighted by Crippen LogP contribution is 2.17. The number of anilines is 2. The Morgan fingerprint density at radius 1 is 1.31 bits per heavy atom. The largest absolute Gasteiger partial charge is 0.356 e. The van der Waals surface area contributed by atoms with Crippen LogP contribution in [-0.4, -0.2) is 42.9 Å². The van der Waals surface area contributed by atoms with E-state index in [0.29, 0.717) is 24.6 Å². The van der Waals surface area contributed by atoms with Crippen molar-refractivity contribution >= 4 is 17.5 Å². The van der Waals surface area contributed by atoms with E-state index in [2.05, 4.69) is 14.9 Å². The summed E-state index contributed by atoms with van der Waals surface area (Å²) in [5, 5.41) is 0. The van der Waals surface area contributed by atoms with Crippen LogP contribution in [0.15, 0.2) is 12.3 Å². The Labute approximate surface area is 95.1 Å². The van der Waals surface area contributed by atoms with Crippen molar-refractivity contribution in [3.63, 3.8) is 0 Å². The Kier molecular flexibility index (Phi) is 3.03. The number of carbonyl (C=O) groups excluding carboxylic acids is 1. The molecule has 0 radical (unpaired) electrons. The van der Waals surface area contributed by atoms with Gasteiger partial charge in [-0.25, -0.2) is 4.98 Å². The normalized spacial score (nSPS) is 16.4. The molecule has 1 aromatic heterocycles. The zero-order chi connectivity index (χ0) is 11.5. The topological polar surface area (TPSA) is 49.3 Å². The van der Waals surface area contributed by atoms with Crippen molar-refractivity contribution in [2.45, 2.75) is 12.8 Å². The van der Waals surface area contributed by atoms with Crippen LogP contribution in [0.25, 0.3) is 0 Å². The highest BCUT2D eigenvalue weighted by Gasteiger charge is 2.17. The van der Waals surface area contributed by atoms with Crippen LogP contribution in [-0.2, 0) is 4.79 Å². The fourth-order valence-electron chi connectivity index (χ4n) is 1.72. The van der Waals surface area contributed by atoms with E-state index in [-0.39, 0.29) is 0 Å². The van der Waals surface area contributed by atoms with Gasteiger partial charge in [-0.2, -0.15) is 4.98 Å². The van der Waals surface area contributed by atoms with Gasteiger partial charge in [-0.15, -0.1) is 0 Å². The monoisotopic (exact) mass is 220 g/mol. The minimum atomic E-state index is 0.345. The summed E-state index contributed by atoms with van der Waals surface area (Å²) in [5.41, 5.74) is 0. The molecule has 16 heavy (non-hydrogen) atoms. The number of hydrogen-bond acceptors (Lipinski definition) is 5. The fraction of sp³-hybridized carbons (Fsp3) is 0.545. The van der Waals surface area contributed by atoms with Crippen LogP contribution < -0.4 is 9.80 Å². The van der Waals surface area contributed by atoms with Gasteiger partial charge in [0.05, 0.1) is 0 Å². The molecule has 1 aromatic rings. The van der Waals surface area contributed by atoms with Crippen molar-refractivity contribution in [1.82, 2.24) is 9.97 Å². The summed E-state index contributed by atoms with van der Waals surface area (Å²) >= 11 is 0. The molecule has 0 amide bonds. The number of ketones is 1. The third-order valence-corrected chi connectivity index (χ3v) is 2.67. The van der Waals surface area contributed by atoms with Crippen LogP contribution in [0.5, 0.6) is 0 Å². The Balaban J connectivity index is 2.14. The molecule has 1 fully saturated rings. The first kappa shape index (κ1) is 10.9. The Morgan fingerprint density at radius 3 is 2.62 bits per heavy atom. The van der Waals surface area contributed by atoms with Crippen molar-refractivity contribution in [2.24, 2.45) is 0 Å². The summed E-state index contributed by atoms with van der Waals surface area (Å²) < 4.78 is 0. The lowest BCUT2D eigenvalue weighted by molar-refractivity contribution is -0.119. The first-order valence-electron chi connectivity index (χ1n) is 5.44. The van der Waals surface area contributed by atoms with Gasteiger partial charge in [0.2, 0.25) is 5.95 Å². The van der Waals surface area contributed by atoms with Gasteiger partial charge in [0.25, 0.3) is 0 Å². The molecule has 5 heteroatoms. The lowest BCUT2D eigenvalue weighted by Gasteiger charge is -2.27. The Morgan fingerprint density at radius 2 is 2.00 bits per heavy atom. The van der Waals surface area contributed by atoms with E-state index in [4.69, 9.17) is 0 Å². The van der Waals surface area contributed by atoms with E-state index in [1.807, 2.05) is 25.1 Å². The predicted molar refractivity (Wildman–Crippen MR) is 62.8 cm³/mol. The molecule has 0 saturated carbocycles. The highest BCUT2D eigenvalue weighted by molar-refractivity contribution is 5.80. The molecule has 2 rings (SSSR count). The minimum absolute atomic E-state index is 0.345. The number of carbonyl (C=O) groups is 1. The van der Waals surface area contributed by atoms with E-state index >= 15 is 0 Å². The standard InChI is InChI=1S/C11H16N4O/c1-14(2)11-12-6-3-10(13-11)15-7-4-9(16)5-8-15/h3,6H,4-5,7-8H2,1-2H3. The summed E-state index contributed by atoms with van der Waals surface area (Å²) in [6, 6.07) is 1.89. The average molecular weight is 220 g/mol. The molecule has 0 aromatic carbocycles. The maximum Gasteiger partial charge on any atom is 0.226 e. The second-order valence-corrected chi connectivity index (χ2v) is 4.13. The molecule has 86 valence electrons. The third kappa shape index (κ3) is 2.29. The Bertz CT molecular complexity index is 381. The lowest BCUT2D eigenvalue weighted by Crippen LogP contribution is -2.34. The van der Waals surface area contributed by atoms with Crippen molar-refractivity contribution in [3.8, 4) is 0 Å². The van der Waals surface area contributed by atoms with Crippen LogP contribution >= 0.6 is 0 Å². The molecule has 0 atom stereocenters. The molecule has 0 spiro atoms. The molecule has 0 unspecified atom stereocenters. The van der Waals surface area contributed by atoms with Crippen molar-refractivity contribution in [1.29, 1.82) is 0 Å². The van der Waals surface area contributed by atoms with Crippen molar-refractivity contribution in [3.05, 3.63) is 12.3 Å². The maximum atomic E-state index is 11.1. The van der Waals surface area contributed by atoms with Gasteiger partial charge in [-0.1, -0.05) is 0 Å². The maximum absolute atomic E-state index is 11.1. The van der Waals surface area contributed by atoms with Gasteiger partial charge in [-0.05, 0) is 6.07 Å². The third-order valence-electron chi connectivity index (χ3n) is 2.67. The summed E-state index contributed by atoms with van der Waals surface area (Å²) in [5.74, 6) is 1.96. The van der Waals surface area contributed by atoms with Gasteiger partial charge >= 0.3 is 0 Å². The van der Waals surface area contributed by atoms with Gasteiger partial charge in [0, 0.05) is 46.2 Å². The van der Waals surface area contributed by atoms with Crippen LogP contribution in [0.3, 0.4) is 0 Å². The quantitative estimate of drug-likeness (QED) is 0.734. The summed E-state index contributed by atoms with van der Waals surface area (Å²) in [4.78, 5) is 23.8. The van der Waals surface area contributed by atoms with E-state index < -0.39 is 0 Å². The van der Waals surface area contributed by atoms with Crippen molar-refractivity contribution < 1.29 is 4.79 Å². The van der Waals surface area contributed by atoms with E-state index in [1.54, 1.807) is 6.20 Å². The number of nitrogens with zero attached hydrogens (tertiary/aromatic N) is 4. The highest BCUT2D eigenvalue weighted by atomic mass is 16.1. The molecule has 2 heterocycles. The number of rotatable bonds is 2. The summed E-state index contributed by atoms with van der Waals surface area (Å²) in [6.45, 7) is 1.53. The van der Waals surface area contributed by atoms with Crippen LogP contribution in [0.4, 0.5) is 11.8 Å². The Hall–Kier alpha value is -1.65. The minimum Gasteiger partial charge on any atom is -0.356 e. The summed E-state index contributed by atoms with van der Waals surface area (Å²) in [7, 11) is 3.83. The number of hydrogen-bond donors (Lipinski definition) is 0. The number of piperidine rings is 1. The van der Waals surface area contributed by atoms with E-state index in [0.717, 1.165) is 18.9 Å². The average Bonchev–Trinajstić information content (AvgIpc) is 2.30. The van der Waals surface area contributed by atoms with Gasteiger partial charge in [0.15, 0.2) is 0 Å². The summed E-state index contributed by atoms with van der Waals surface area (Å²) in [6.07, 6.45) is 3.01. The molecular formula is C11H16N4O. The van der Waals surface area contributed by atoms with E-state index in [9.17, 15) is 4.79 Å². The molecule has 1 aliphatic rings. The van der Waals surface area contributed by atoms with Crippen LogP contribution in [0, 0.1) is 0 Å². The molecule has 0 bridgehead atoms. The molecular weight excluding hydrogens is 204 g/mol. The predicted octanol–water partition coefficient (Wildman–Crippen LogP) is 0.712. The zero-order valence-electron chi connectivity index (χ0n) is 9.68. The molecule has 1 saturated heterocycles. The second kappa shape index (κ2) is 4.47. The van der Waals surface area contributed by atoms with Crippen LogP contribution in [0.2, 0.25) is 0 Å². The van der Waals surface area contributed by atoms with E-state index in [1.165, 1.54) is 0 Å². The van der Waals surface area contributed by atoms with Gasteiger partial charge < -0.3 is 9.80 Å². The fourth-order valence-corrected chi connectivity index (χ4v) is 1.72. The molecule has 1 aliphatic heterocycles. The van der Waals surface area contributed by atoms with Crippen molar-refractivity contribution in [2.75, 3.05) is 37.0 Å². The zero-order valence-corrected chi connectivity index (χ0v) is 9.68. The van der Waals surface area contributed by atoms with Gasteiger partial charge in [-0.3, -0.25) is 4.79 Å². The molecule has 0 N–H and O–H groups in total. The SMILES string of the molecule is CN(C)c1nccc(N2CCC(=O)CC2)n1. The smallest absolute Gasteiger partial charge is 0.226 e. The number of aromatic nitrogens is 2. The first-order valence-corrected chi connectivity index (χ1v) is 5.44. The molecule has 5 nitrogen and oxygen atoms in total. The number of Topliss-reactive ketones (excluding diaryl/α,β-unsaturated/α-hetero) is 1.